The molecular weight excluding hydrogens is 348 g/mol. The predicted molar refractivity (Wildman–Crippen MR) is 102 cm³/mol. The molecule has 6 heteroatoms. The maximum Gasteiger partial charge on any atom is 0.268 e. The van der Waals surface area contributed by atoms with E-state index in [1.807, 2.05) is 43.3 Å². The van der Waals surface area contributed by atoms with E-state index in [1.54, 1.807) is 18.3 Å². The fraction of sp³-hybridized carbons (Fsp3) is 0.300. The molecule has 3 aromatic rings. The molecule has 0 spiro atoms. The third-order valence-corrected chi connectivity index (χ3v) is 6.91. The largest absolute Gasteiger partial charge is 0.392 e. The summed E-state index contributed by atoms with van der Waals surface area (Å²) in [6.45, 7) is 4.05. The van der Waals surface area contributed by atoms with Crippen LogP contribution >= 0.6 is 0 Å². The molecular formula is C20H22N2O3S. The Morgan fingerprint density at radius 1 is 1.12 bits per heavy atom. The number of aliphatic hydroxyl groups excluding tert-OH is 1. The van der Waals surface area contributed by atoms with Crippen molar-refractivity contribution in [3.05, 3.63) is 65.9 Å². The average molecular weight is 370 g/mol. The molecule has 26 heavy (non-hydrogen) atoms. The van der Waals surface area contributed by atoms with E-state index >= 15 is 0 Å². The van der Waals surface area contributed by atoms with Gasteiger partial charge in [-0.3, -0.25) is 4.90 Å². The second-order valence-corrected chi connectivity index (χ2v) is 8.69. The number of hydrogen-bond donors (Lipinski definition) is 1. The first-order valence-corrected chi connectivity index (χ1v) is 10.2. The Kier molecular flexibility index (Phi) is 4.34. The molecule has 0 radical (unpaired) electrons. The number of aliphatic hydroxyl groups is 1. The van der Waals surface area contributed by atoms with E-state index < -0.39 is 10.0 Å². The van der Waals surface area contributed by atoms with E-state index in [0.29, 0.717) is 23.5 Å². The van der Waals surface area contributed by atoms with Crippen molar-refractivity contribution in [1.82, 2.24) is 8.87 Å². The smallest absolute Gasteiger partial charge is 0.268 e. The van der Waals surface area contributed by atoms with Crippen LogP contribution in [0.3, 0.4) is 0 Å². The van der Waals surface area contributed by atoms with Crippen LogP contribution in [0.1, 0.15) is 17.5 Å². The molecule has 1 atom stereocenters. The van der Waals surface area contributed by atoms with Crippen molar-refractivity contribution in [2.45, 2.75) is 30.9 Å². The van der Waals surface area contributed by atoms with E-state index in [9.17, 15) is 13.5 Å². The lowest BCUT2D eigenvalue weighted by Crippen LogP contribution is -2.21. The highest BCUT2D eigenvalue weighted by Crippen LogP contribution is 2.27. The number of benzene rings is 2. The Hall–Kier alpha value is -2.15. The topological polar surface area (TPSA) is 62.5 Å². The molecule has 1 N–H and O–H groups in total. The summed E-state index contributed by atoms with van der Waals surface area (Å²) in [5, 5.41) is 10.7. The summed E-state index contributed by atoms with van der Waals surface area (Å²) in [5.74, 6) is 0. The van der Waals surface area contributed by atoms with Gasteiger partial charge >= 0.3 is 0 Å². The Morgan fingerprint density at radius 2 is 1.92 bits per heavy atom. The van der Waals surface area contributed by atoms with Gasteiger partial charge < -0.3 is 5.11 Å². The zero-order valence-corrected chi connectivity index (χ0v) is 15.5. The highest BCUT2D eigenvalue weighted by Gasteiger charge is 2.23. The fourth-order valence-electron chi connectivity index (χ4n) is 3.70. The predicted octanol–water partition coefficient (Wildman–Crippen LogP) is 2.75. The SMILES string of the molecule is Cc1ccccc1S(=O)(=O)n1ccc2c(CN3CCC(O)C3)cccc21. The van der Waals surface area contributed by atoms with Crippen LogP contribution in [0.15, 0.2) is 59.6 Å². The lowest BCUT2D eigenvalue weighted by atomic mass is 10.1. The number of β-amino-alcohol motifs (C(OH)–C–C–N with tert-alkyl or cyclic N) is 1. The minimum absolute atomic E-state index is 0.264. The van der Waals surface area contributed by atoms with Crippen molar-refractivity contribution in [2.75, 3.05) is 13.1 Å². The van der Waals surface area contributed by atoms with Crippen molar-refractivity contribution < 1.29 is 13.5 Å². The van der Waals surface area contributed by atoms with Crippen molar-refractivity contribution >= 4 is 20.9 Å². The molecule has 1 unspecified atom stereocenters. The Morgan fingerprint density at radius 3 is 2.65 bits per heavy atom. The first kappa shape index (κ1) is 17.3. The van der Waals surface area contributed by atoms with Gasteiger partial charge in [0.15, 0.2) is 0 Å². The molecule has 0 amide bonds. The number of likely N-dealkylation sites (tertiary alicyclic amines) is 1. The molecule has 0 saturated carbocycles. The summed E-state index contributed by atoms with van der Waals surface area (Å²) in [5.41, 5.74) is 2.50. The number of aryl methyl sites for hydroxylation is 1. The van der Waals surface area contributed by atoms with Gasteiger partial charge in [0.25, 0.3) is 10.0 Å². The second-order valence-electron chi connectivity index (χ2n) is 6.91. The van der Waals surface area contributed by atoms with Gasteiger partial charge in [-0.25, -0.2) is 12.4 Å². The summed E-state index contributed by atoms with van der Waals surface area (Å²) in [6.07, 6.45) is 2.16. The molecule has 1 aliphatic rings. The molecule has 0 bridgehead atoms. The van der Waals surface area contributed by atoms with Gasteiger partial charge in [-0.2, -0.15) is 0 Å². The number of hydrogen-bond acceptors (Lipinski definition) is 4. The van der Waals surface area contributed by atoms with Gasteiger partial charge in [0.1, 0.15) is 0 Å². The summed E-state index contributed by atoms with van der Waals surface area (Å²) < 4.78 is 27.7. The maximum atomic E-state index is 13.1. The summed E-state index contributed by atoms with van der Waals surface area (Å²) in [4.78, 5) is 2.53. The Balaban J connectivity index is 1.76. The lowest BCUT2D eigenvalue weighted by molar-refractivity contribution is 0.175. The standard InChI is InChI=1S/C20H22N2O3S/c1-15-5-2-3-8-20(15)26(24,25)22-12-10-18-16(6-4-7-19(18)22)13-21-11-9-17(23)14-21/h2-8,10,12,17,23H,9,11,13-14H2,1H3. The minimum atomic E-state index is -3.64. The van der Waals surface area contributed by atoms with Crippen LogP contribution in [-0.4, -0.2) is 41.6 Å². The first-order chi connectivity index (χ1) is 12.5. The molecule has 4 rings (SSSR count). The Labute approximate surface area is 153 Å². The lowest BCUT2D eigenvalue weighted by Gasteiger charge is -2.16. The zero-order chi connectivity index (χ0) is 18.3. The van der Waals surface area contributed by atoms with Crippen LogP contribution < -0.4 is 0 Å². The molecule has 1 aliphatic heterocycles. The number of nitrogens with zero attached hydrogens (tertiary/aromatic N) is 2. The minimum Gasteiger partial charge on any atom is -0.392 e. The number of aromatic nitrogens is 1. The van der Waals surface area contributed by atoms with Crippen molar-refractivity contribution in [3.8, 4) is 0 Å². The molecule has 5 nitrogen and oxygen atoms in total. The van der Waals surface area contributed by atoms with Gasteiger partial charge in [-0.15, -0.1) is 0 Å². The molecule has 1 fully saturated rings. The Bertz CT molecular complexity index is 1060. The van der Waals surface area contributed by atoms with Crippen molar-refractivity contribution in [1.29, 1.82) is 0 Å². The van der Waals surface area contributed by atoms with Crippen LogP contribution in [0.5, 0.6) is 0 Å². The quantitative estimate of drug-likeness (QED) is 0.767. The number of fused-ring (bicyclic) bond motifs is 1. The van der Waals surface area contributed by atoms with Gasteiger partial charge in [0, 0.05) is 31.2 Å². The van der Waals surface area contributed by atoms with Crippen LogP contribution in [-0.2, 0) is 16.6 Å². The van der Waals surface area contributed by atoms with Crippen LogP contribution in [0.25, 0.3) is 10.9 Å². The van der Waals surface area contributed by atoms with Crippen molar-refractivity contribution in [2.24, 2.45) is 0 Å². The molecule has 2 aromatic carbocycles. The van der Waals surface area contributed by atoms with Crippen LogP contribution in [0, 0.1) is 6.92 Å². The van der Waals surface area contributed by atoms with E-state index in [4.69, 9.17) is 0 Å². The molecule has 2 heterocycles. The van der Waals surface area contributed by atoms with Crippen LogP contribution in [0.2, 0.25) is 0 Å². The second kappa shape index (κ2) is 6.54. The number of rotatable bonds is 4. The van der Waals surface area contributed by atoms with Gasteiger partial charge in [0.2, 0.25) is 0 Å². The summed E-state index contributed by atoms with van der Waals surface area (Å²) >= 11 is 0. The highest BCUT2D eigenvalue weighted by atomic mass is 32.2. The highest BCUT2D eigenvalue weighted by molar-refractivity contribution is 7.90. The summed E-state index contributed by atoms with van der Waals surface area (Å²) in [6, 6.07) is 14.7. The third-order valence-electron chi connectivity index (χ3n) is 5.06. The monoisotopic (exact) mass is 370 g/mol. The molecule has 1 aromatic heterocycles. The third kappa shape index (κ3) is 2.94. The normalized spacial score (nSPS) is 18.6. The van der Waals surface area contributed by atoms with Crippen molar-refractivity contribution in [3.63, 3.8) is 0 Å². The first-order valence-electron chi connectivity index (χ1n) is 8.77. The molecule has 136 valence electrons. The molecule has 0 aliphatic carbocycles. The van der Waals surface area contributed by atoms with Crippen LogP contribution in [0.4, 0.5) is 0 Å². The van der Waals surface area contributed by atoms with E-state index in [0.717, 1.165) is 29.5 Å². The van der Waals surface area contributed by atoms with E-state index in [1.165, 1.54) is 3.97 Å². The average Bonchev–Trinajstić information content (AvgIpc) is 3.22. The van der Waals surface area contributed by atoms with E-state index in [-0.39, 0.29) is 6.10 Å². The zero-order valence-electron chi connectivity index (χ0n) is 14.7. The van der Waals surface area contributed by atoms with Gasteiger partial charge in [-0.1, -0.05) is 30.3 Å². The summed E-state index contributed by atoms with van der Waals surface area (Å²) in [7, 11) is -3.64. The van der Waals surface area contributed by atoms with Gasteiger partial charge in [0.05, 0.1) is 16.5 Å². The molecule has 1 saturated heterocycles. The fourth-order valence-corrected chi connectivity index (χ4v) is 5.28. The van der Waals surface area contributed by atoms with Gasteiger partial charge in [-0.05, 0) is 42.7 Å². The van der Waals surface area contributed by atoms with E-state index in [2.05, 4.69) is 4.90 Å². The maximum absolute atomic E-state index is 13.1.